The third kappa shape index (κ3) is 7.17. The summed E-state index contributed by atoms with van der Waals surface area (Å²) >= 11 is 0. The molecule has 2 fully saturated rings. The van der Waals surface area contributed by atoms with Gasteiger partial charge in [-0.2, -0.15) is 10.3 Å². The zero-order valence-corrected chi connectivity index (χ0v) is 24.4. The van der Waals surface area contributed by atoms with Crippen molar-refractivity contribution in [2.45, 2.75) is 71.1 Å². The van der Waals surface area contributed by atoms with Crippen molar-refractivity contribution in [3.05, 3.63) is 63.4 Å². The number of aromatic nitrogens is 2. The van der Waals surface area contributed by atoms with Crippen LogP contribution in [0.2, 0.25) is 0 Å². The molecule has 4 rings (SSSR count). The molecule has 6 atom stereocenters. The van der Waals surface area contributed by atoms with Crippen molar-refractivity contribution < 1.29 is 37.4 Å². The first kappa shape index (κ1) is 31.2. The van der Waals surface area contributed by atoms with E-state index in [0.717, 1.165) is 16.8 Å². The lowest BCUT2D eigenvalue weighted by Gasteiger charge is -2.29. The third-order valence-corrected chi connectivity index (χ3v) is 8.32. The summed E-state index contributed by atoms with van der Waals surface area (Å²) in [5, 5.41) is 12.8. The molecule has 1 aliphatic heterocycles. The van der Waals surface area contributed by atoms with Crippen LogP contribution in [0.5, 0.6) is 5.75 Å². The van der Waals surface area contributed by atoms with Crippen LogP contribution >= 0.6 is 7.75 Å². The van der Waals surface area contributed by atoms with Gasteiger partial charge in [-0.3, -0.25) is 28.5 Å². The lowest BCUT2D eigenvalue weighted by molar-refractivity contribution is -0.157. The summed E-state index contributed by atoms with van der Waals surface area (Å²) in [6.45, 7) is 5.66. The van der Waals surface area contributed by atoms with Crippen LogP contribution in [-0.4, -0.2) is 52.5 Å². The van der Waals surface area contributed by atoms with Gasteiger partial charge in [0.1, 0.15) is 23.3 Å². The van der Waals surface area contributed by atoms with Crippen molar-refractivity contribution >= 4 is 19.7 Å². The van der Waals surface area contributed by atoms with E-state index in [1.807, 2.05) is 0 Å². The van der Waals surface area contributed by atoms with Crippen molar-refractivity contribution in [3.63, 3.8) is 0 Å². The number of hydrogen-bond donors (Lipinski definition) is 2. The van der Waals surface area contributed by atoms with Crippen molar-refractivity contribution in [1.82, 2.24) is 14.6 Å². The van der Waals surface area contributed by atoms with Crippen molar-refractivity contribution in [1.29, 1.82) is 5.26 Å². The number of benzene rings is 1. The van der Waals surface area contributed by atoms with E-state index in [2.05, 4.69) is 16.1 Å². The average molecular weight is 605 g/mol. The molecule has 1 saturated heterocycles. The minimum atomic E-state index is -4.34. The molecule has 1 aliphatic carbocycles. The Morgan fingerprint density at radius 2 is 1.90 bits per heavy atom. The Labute approximate surface area is 241 Å². The summed E-state index contributed by atoms with van der Waals surface area (Å²) in [6.07, 6.45) is -1.80. The van der Waals surface area contributed by atoms with Crippen LogP contribution in [0.4, 0.5) is 0 Å². The number of hydrogen-bond acceptors (Lipinski definition) is 11. The van der Waals surface area contributed by atoms with Gasteiger partial charge >= 0.3 is 25.4 Å². The molecular weight excluding hydrogens is 571 g/mol. The predicted molar refractivity (Wildman–Crippen MR) is 146 cm³/mol. The molecule has 226 valence electrons. The number of aromatic amines is 1. The van der Waals surface area contributed by atoms with Gasteiger partial charge in [0, 0.05) is 12.3 Å². The largest absolute Gasteiger partial charge is 0.462 e. The normalized spacial score (nSPS) is 25.7. The van der Waals surface area contributed by atoms with Crippen molar-refractivity contribution in [2.24, 2.45) is 11.3 Å². The minimum Gasteiger partial charge on any atom is -0.462 e. The first-order chi connectivity index (χ1) is 19.8. The zero-order valence-electron chi connectivity index (χ0n) is 23.6. The highest BCUT2D eigenvalue weighted by Gasteiger charge is 2.59. The summed E-state index contributed by atoms with van der Waals surface area (Å²) in [7, 11) is -4.34. The molecule has 14 nitrogen and oxygen atoms in total. The second kappa shape index (κ2) is 12.6. The zero-order chi connectivity index (χ0) is 30.7. The Balaban J connectivity index is 1.64. The summed E-state index contributed by atoms with van der Waals surface area (Å²) in [5.74, 6) is -1.41. The van der Waals surface area contributed by atoms with Gasteiger partial charge in [-0.15, -0.1) is 0 Å². The standard InChI is InChI=1S/C27H33N4O10P/c1-16(2)38-23(33)17(3)30-42(36,41-19-8-6-5-7-9-19)37-14-20-22(40-24(34)18-10-11-18)27(4,15-28)25(39-20)31-13-12-21(32)29-26(31)35/h5-9,12-13,16-18,20,22,25H,10-11,14H2,1-4H3,(H,30,36)(H,29,32,35)/t17-,20?,22+,25+,27+,42?/m0/s1. The summed E-state index contributed by atoms with van der Waals surface area (Å²) in [6, 6.07) is 10.1. The van der Waals surface area contributed by atoms with E-state index >= 15 is 0 Å². The lowest BCUT2D eigenvalue weighted by atomic mass is 9.83. The van der Waals surface area contributed by atoms with Gasteiger partial charge in [-0.1, -0.05) is 18.2 Å². The molecule has 15 heteroatoms. The quantitative estimate of drug-likeness (QED) is 0.266. The minimum absolute atomic E-state index is 0.168. The average Bonchev–Trinajstić information content (AvgIpc) is 3.74. The monoisotopic (exact) mass is 604 g/mol. The highest BCUT2D eigenvalue weighted by molar-refractivity contribution is 7.52. The number of carbonyl (C=O) groups excluding carboxylic acids is 2. The number of ether oxygens (including phenoxy) is 3. The SMILES string of the molecule is CC(C)OC(=O)[C@H](C)NP(=O)(OCC1O[C@@H](n2ccc(=O)[nH]c2=O)[C@](C)(C#N)[C@@H]1OC(=O)C1CC1)Oc1ccccc1. The smallest absolute Gasteiger partial charge is 0.459 e. The highest BCUT2D eigenvalue weighted by Crippen LogP contribution is 2.50. The van der Waals surface area contributed by atoms with E-state index < -0.39 is 73.5 Å². The van der Waals surface area contributed by atoms with Crippen molar-refractivity contribution in [3.8, 4) is 11.8 Å². The molecule has 1 saturated carbocycles. The van der Waals surface area contributed by atoms with Crippen LogP contribution < -0.4 is 20.9 Å². The topological polar surface area (TPSA) is 188 Å². The molecular formula is C27H33N4O10P. The molecule has 2 heterocycles. The molecule has 0 bridgehead atoms. The Hall–Kier alpha value is -3.76. The third-order valence-electron chi connectivity index (χ3n) is 6.68. The second-order valence-corrected chi connectivity index (χ2v) is 12.3. The Morgan fingerprint density at radius 1 is 1.21 bits per heavy atom. The second-order valence-electron chi connectivity index (χ2n) is 10.6. The molecule has 2 aromatic rings. The molecule has 42 heavy (non-hydrogen) atoms. The van der Waals surface area contributed by atoms with Crippen molar-refractivity contribution in [2.75, 3.05) is 6.61 Å². The van der Waals surface area contributed by atoms with E-state index in [-0.39, 0.29) is 11.7 Å². The summed E-state index contributed by atoms with van der Waals surface area (Å²) in [5.41, 5.74) is -3.13. The molecule has 0 radical (unpaired) electrons. The molecule has 2 aliphatic rings. The Kier molecular flexibility index (Phi) is 9.37. The fourth-order valence-electron chi connectivity index (χ4n) is 4.36. The molecule has 2 N–H and O–H groups in total. The van der Waals surface area contributed by atoms with E-state index in [1.54, 1.807) is 32.0 Å². The number of carbonyl (C=O) groups is 2. The molecule has 1 aromatic heterocycles. The van der Waals surface area contributed by atoms with Gasteiger partial charge in [-0.05, 0) is 52.7 Å². The predicted octanol–water partition coefficient (Wildman–Crippen LogP) is 2.42. The number of para-hydroxylation sites is 1. The fraction of sp³-hybridized carbons (Fsp3) is 0.519. The number of H-pyrrole nitrogens is 1. The molecule has 0 spiro atoms. The lowest BCUT2D eigenvalue weighted by Crippen LogP contribution is -2.43. The number of esters is 2. The van der Waals surface area contributed by atoms with Crippen LogP contribution in [-0.2, 0) is 32.9 Å². The van der Waals surface area contributed by atoms with E-state index in [4.69, 9.17) is 23.3 Å². The number of rotatable bonds is 12. The first-order valence-electron chi connectivity index (χ1n) is 13.4. The van der Waals surface area contributed by atoms with E-state index in [1.165, 1.54) is 26.0 Å². The maximum Gasteiger partial charge on any atom is 0.459 e. The first-order valence-corrected chi connectivity index (χ1v) is 15.0. The maximum atomic E-state index is 14.0. The molecule has 1 aromatic carbocycles. The summed E-state index contributed by atoms with van der Waals surface area (Å²) in [4.78, 5) is 51.6. The Morgan fingerprint density at radius 3 is 2.50 bits per heavy atom. The molecule has 0 amide bonds. The maximum absolute atomic E-state index is 14.0. The van der Waals surface area contributed by atoms with Gasteiger partial charge < -0.3 is 18.7 Å². The highest BCUT2D eigenvalue weighted by atomic mass is 31.2. The molecule has 2 unspecified atom stereocenters. The van der Waals surface area contributed by atoms with Gasteiger partial charge in [0.2, 0.25) is 0 Å². The number of nitrogens with zero attached hydrogens (tertiary/aromatic N) is 2. The van der Waals surface area contributed by atoms with Gasteiger partial charge in [0.25, 0.3) is 5.56 Å². The summed E-state index contributed by atoms with van der Waals surface area (Å²) < 4.78 is 43.4. The Bertz CT molecular complexity index is 1500. The van der Waals surface area contributed by atoms with Crippen LogP contribution in [0, 0.1) is 22.7 Å². The van der Waals surface area contributed by atoms with Crippen LogP contribution in [0.3, 0.4) is 0 Å². The van der Waals surface area contributed by atoms with Gasteiger partial charge in [-0.25, -0.2) is 9.36 Å². The van der Waals surface area contributed by atoms with Gasteiger partial charge in [0.05, 0.1) is 24.7 Å². The fourth-order valence-corrected chi connectivity index (χ4v) is 5.86. The van der Waals surface area contributed by atoms with Crippen LogP contribution in [0.25, 0.3) is 0 Å². The van der Waals surface area contributed by atoms with Crippen LogP contribution in [0.15, 0.2) is 52.2 Å². The number of nitriles is 1. The van der Waals surface area contributed by atoms with E-state index in [9.17, 15) is 29.0 Å². The van der Waals surface area contributed by atoms with Gasteiger partial charge in [0.15, 0.2) is 12.3 Å². The number of nitrogens with one attached hydrogen (secondary N) is 2. The van der Waals surface area contributed by atoms with Crippen LogP contribution in [0.1, 0.15) is 46.8 Å². The van der Waals surface area contributed by atoms with E-state index in [0.29, 0.717) is 12.8 Å².